The number of aliphatic hydroxyl groups is 2. The van der Waals surface area contributed by atoms with E-state index in [1.165, 1.54) is 25.3 Å². The minimum atomic E-state index is -1.39. The quantitative estimate of drug-likeness (QED) is 0.620. The van der Waals surface area contributed by atoms with Crippen LogP contribution in [-0.4, -0.2) is 35.7 Å². The number of benzene rings is 1. The number of aldehydes is 1. The van der Waals surface area contributed by atoms with Gasteiger partial charge in [-0.15, -0.1) is 0 Å². The van der Waals surface area contributed by atoms with Crippen molar-refractivity contribution in [2.24, 2.45) is 0 Å². The van der Waals surface area contributed by atoms with Crippen LogP contribution in [0.4, 0.5) is 0 Å². The van der Waals surface area contributed by atoms with Gasteiger partial charge < -0.3 is 14.9 Å². The maximum atomic E-state index is 11.0. The number of esters is 1. The van der Waals surface area contributed by atoms with E-state index in [1.54, 1.807) is 0 Å². The van der Waals surface area contributed by atoms with E-state index in [0.717, 1.165) is 0 Å². The van der Waals surface area contributed by atoms with Crippen LogP contribution < -0.4 is 0 Å². The van der Waals surface area contributed by atoms with Crippen LogP contribution in [0.25, 0.3) is 0 Å². The van der Waals surface area contributed by atoms with Gasteiger partial charge in [0.25, 0.3) is 0 Å². The Morgan fingerprint density at radius 2 is 2.17 bits per heavy atom. The summed E-state index contributed by atoms with van der Waals surface area (Å²) in [5.41, 5.74) is 0.379. The molecule has 0 fully saturated rings. The van der Waals surface area contributed by atoms with E-state index < -0.39 is 18.2 Å². The lowest BCUT2D eigenvalue weighted by Crippen LogP contribution is -2.23. The minimum absolute atomic E-state index is 0.175. The van der Waals surface area contributed by atoms with Crippen molar-refractivity contribution < 1.29 is 24.5 Å². The van der Waals surface area contributed by atoms with Gasteiger partial charge in [-0.1, -0.05) is 11.6 Å². The molecular formula is C12H13ClO5. The first-order chi connectivity index (χ1) is 8.49. The van der Waals surface area contributed by atoms with Crippen LogP contribution in [-0.2, 0) is 9.53 Å². The van der Waals surface area contributed by atoms with Crippen LogP contribution in [0.1, 0.15) is 28.4 Å². The van der Waals surface area contributed by atoms with Gasteiger partial charge in [-0.3, -0.25) is 9.59 Å². The van der Waals surface area contributed by atoms with Crippen molar-refractivity contribution in [3.05, 3.63) is 34.3 Å². The van der Waals surface area contributed by atoms with Crippen LogP contribution in [0.5, 0.6) is 0 Å². The molecule has 0 saturated carbocycles. The maximum absolute atomic E-state index is 11.0. The van der Waals surface area contributed by atoms with E-state index in [4.69, 9.17) is 11.6 Å². The third kappa shape index (κ3) is 3.53. The summed E-state index contributed by atoms with van der Waals surface area (Å²) in [6.07, 6.45) is -2.58. The van der Waals surface area contributed by atoms with Crippen LogP contribution in [0.15, 0.2) is 18.2 Å². The Hall–Kier alpha value is -1.43. The number of methoxy groups -OCH3 is 1. The summed E-state index contributed by atoms with van der Waals surface area (Å²) in [6, 6.07) is 4.30. The van der Waals surface area contributed by atoms with Crippen molar-refractivity contribution in [2.75, 3.05) is 7.11 Å². The van der Waals surface area contributed by atoms with Gasteiger partial charge in [-0.2, -0.15) is 0 Å². The molecule has 18 heavy (non-hydrogen) atoms. The lowest BCUT2D eigenvalue weighted by atomic mass is 9.98. The normalized spacial score (nSPS) is 13.8. The summed E-state index contributed by atoms with van der Waals surface area (Å²) in [7, 11) is 1.18. The molecule has 0 aliphatic heterocycles. The smallest absolute Gasteiger partial charge is 0.308 e. The van der Waals surface area contributed by atoms with Crippen molar-refractivity contribution in [1.82, 2.24) is 0 Å². The van der Waals surface area contributed by atoms with E-state index in [0.29, 0.717) is 11.3 Å². The third-order valence-electron chi connectivity index (χ3n) is 2.46. The summed E-state index contributed by atoms with van der Waals surface area (Å²) in [5, 5.41) is 19.9. The van der Waals surface area contributed by atoms with Gasteiger partial charge in [0.1, 0.15) is 12.4 Å². The first kappa shape index (κ1) is 14.6. The Morgan fingerprint density at radius 1 is 1.50 bits per heavy atom. The van der Waals surface area contributed by atoms with Crippen LogP contribution >= 0.6 is 11.6 Å². The molecule has 1 aromatic rings. The molecule has 0 spiro atoms. The predicted molar refractivity (Wildman–Crippen MR) is 64.4 cm³/mol. The molecule has 1 aromatic carbocycles. The Kier molecular flexibility index (Phi) is 5.27. The monoisotopic (exact) mass is 272 g/mol. The standard InChI is InChI=1S/C12H13ClO5/c1-18-11(16)5-10(15)12(17)9-4-8(13)3-2-7(9)6-14/h2-4,6,10,12,15,17H,5H2,1H3. The largest absolute Gasteiger partial charge is 0.469 e. The molecule has 0 aliphatic carbocycles. The second-order valence-electron chi connectivity index (χ2n) is 3.68. The number of halogens is 1. The first-order valence-electron chi connectivity index (χ1n) is 5.17. The number of rotatable bonds is 5. The van der Waals surface area contributed by atoms with Crippen LogP contribution in [0.3, 0.4) is 0 Å². The highest BCUT2D eigenvalue weighted by Crippen LogP contribution is 2.25. The maximum Gasteiger partial charge on any atom is 0.308 e. The zero-order valence-corrected chi connectivity index (χ0v) is 10.4. The average molecular weight is 273 g/mol. The van der Waals surface area contributed by atoms with E-state index in [2.05, 4.69) is 4.74 Å². The lowest BCUT2D eigenvalue weighted by Gasteiger charge is -2.18. The summed E-state index contributed by atoms with van der Waals surface area (Å²) < 4.78 is 4.38. The molecule has 0 aliphatic rings. The SMILES string of the molecule is COC(=O)CC(O)C(O)c1cc(Cl)ccc1C=O. The van der Waals surface area contributed by atoms with Gasteiger partial charge in [0.2, 0.25) is 0 Å². The number of aliphatic hydroxyl groups excluding tert-OH is 2. The van der Waals surface area contributed by atoms with E-state index >= 15 is 0 Å². The predicted octanol–water partition coefficient (Wildman–Crippen LogP) is 1.11. The van der Waals surface area contributed by atoms with Gasteiger partial charge in [-0.25, -0.2) is 0 Å². The average Bonchev–Trinajstić information content (AvgIpc) is 2.37. The van der Waals surface area contributed by atoms with E-state index in [9.17, 15) is 19.8 Å². The molecule has 0 radical (unpaired) electrons. The van der Waals surface area contributed by atoms with Crippen LogP contribution in [0, 0.1) is 0 Å². The highest BCUT2D eigenvalue weighted by Gasteiger charge is 2.24. The number of carbonyl (C=O) groups excluding carboxylic acids is 2. The fraction of sp³-hybridized carbons (Fsp3) is 0.333. The number of carbonyl (C=O) groups is 2. The van der Waals surface area contributed by atoms with Gasteiger partial charge in [0.05, 0.1) is 19.6 Å². The van der Waals surface area contributed by atoms with E-state index in [1.807, 2.05) is 0 Å². The number of hydrogen-bond acceptors (Lipinski definition) is 5. The van der Waals surface area contributed by atoms with Gasteiger partial charge in [-0.05, 0) is 23.8 Å². The third-order valence-corrected chi connectivity index (χ3v) is 2.70. The second-order valence-corrected chi connectivity index (χ2v) is 4.12. The topological polar surface area (TPSA) is 83.8 Å². The summed E-state index contributed by atoms with van der Waals surface area (Å²) >= 11 is 5.76. The molecule has 5 nitrogen and oxygen atoms in total. The molecule has 0 bridgehead atoms. The zero-order valence-electron chi connectivity index (χ0n) is 9.67. The molecule has 6 heteroatoms. The fourth-order valence-electron chi connectivity index (χ4n) is 1.48. The Balaban J connectivity index is 2.94. The van der Waals surface area contributed by atoms with E-state index in [-0.39, 0.29) is 17.5 Å². The Morgan fingerprint density at radius 3 is 2.72 bits per heavy atom. The van der Waals surface area contributed by atoms with Crippen molar-refractivity contribution in [3.63, 3.8) is 0 Å². The molecule has 1 rings (SSSR count). The van der Waals surface area contributed by atoms with Crippen molar-refractivity contribution >= 4 is 23.9 Å². The van der Waals surface area contributed by atoms with Crippen molar-refractivity contribution in [2.45, 2.75) is 18.6 Å². The number of ether oxygens (including phenoxy) is 1. The van der Waals surface area contributed by atoms with Crippen molar-refractivity contribution in [3.8, 4) is 0 Å². The Bertz CT molecular complexity index is 446. The highest BCUT2D eigenvalue weighted by atomic mass is 35.5. The van der Waals surface area contributed by atoms with Crippen LogP contribution in [0.2, 0.25) is 5.02 Å². The highest BCUT2D eigenvalue weighted by molar-refractivity contribution is 6.30. The fourth-order valence-corrected chi connectivity index (χ4v) is 1.66. The second kappa shape index (κ2) is 6.49. The zero-order chi connectivity index (χ0) is 13.7. The van der Waals surface area contributed by atoms with Gasteiger partial charge >= 0.3 is 5.97 Å². The summed E-state index contributed by atoms with van der Waals surface area (Å²) in [4.78, 5) is 21.8. The minimum Gasteiger partial charge on any atom is -0.469 e. The molecule has 2 N–H and O–H groups in total. The summed E-state index contributed by atoms with van der Waals surface area (Å²) in [5.74, 6) is -0.656. The molecule has 0 aromatic heterocycles. The summed E-state index contributed by atoms with van der Waals surface area (Å²) in [6.45, 7) is 0. The lowest BCUT2D eigenvalue weighted by molar-refractivity contribution is -0.144. The molecular weight excluding hydrogens is 260 g/mol. The number of hydrogen-bond donors (Lipinski definition) is 2. The Labute approximate surface area is 109 Å². The molecule has 0 heterocycles. The van der Waals surface area contributed by atoms with Gasteiger partial charge in [0, 0.05) is 10.6 Å². The van der Waals surface area contributed by atoms with Crippen molar-refractivity contribution in [1.29, 1.82) is 0 Å². The molecule has 98 valence electrons. The molecule has 0 saturated heterocycles. The van der Waals surface area contributed by atoms with Gasteiger partial charge in [0.15, 0.2) is 0 Å². The molecule has 2 unspecified atom stereocenters. The molecule has 0 amide bonds. The first-order valence-corrected chi connectivity index (χ1v) is 5.55. The molecule has 2 atom stereocenters.